The minimum absolute atomic E-state index is 0.0928. The van der Waals surface area contributed by atoms with Crippen LogP contribution in [0.3, 0.4) is 0 Å². The van der Waals surface area contributed by atoms with Crippen LogP contribution in [0.1, 0.15) is 31.9 Å². The molecule has 0 aliphatic carbocycles. The Morgan fingerprint density at radius 1 is 1.00 bits per heavy atom. The van der Waals surface area contributed by atoms with Gasteiger partial charge in [0.2, 0.25) is 5.91 Å². The number of hydrogen-bond donors (Lipinski definition) is 3. The molecule has 0 fully saturated rings. The lowest BCUT2D eigenvalue weighted by Gasteiger charge is -2.20. The van der Waals surface area contributed by atoms with Crippen molar-refractivity contribution < 1.29 is 24.2 Å². The third kappa shape index (κ3) is 7.88. The molecule has 0 bridgehead atoms. The average Bonchev–Trinajstić information content (AvgIpc) is 2.60. The van der Waals surface area contributed by atoms with Crippen molar-refractivity contribution in [3.05, 3.63) is 65.7 Å². The summed E-state index contributed by atoms with van der Waals surface area (Å²) < 4.78 is 5.24. The van der Waals surface area contributed by atoms with Gasteiger partial charge in [0.1, 0.15) is 5.60 Å². The molecule has 7 heteroatoms. The fraction of sp³-hybridized carbons (Fsp3) is 0.227. The van der Waals surface area contributed by atoms with Crippen LogP contribution in [0.4, 0.5) is 16.2 Å². The van der Waals surface area contributed by atoms with Crippen molar-refractivity contribution >= 4 is 35.4 Å². The van der Waals surface area contributed by atoms with Gasteiger partial charge in [-0.1, -0.05) is 36.4 Å². The zero-order valence-corrected chi connectivity index (χ0v) is 16.6. The lowest BCUT2D eigenvalue weighted by molar-refractivity contribution is -0.131. The van der Waals surface area contributed by atoms with Crippen LogP contribution >= 0.6 is 0 Å². The Morgan fingerprint density at radius 3 is 2.28 bits per heavy atom. The highest BCUT2D eigenvalue weighted by molar-refractivity contribution is 5.98. The minimum Gasteiger partial charge on any atom is -0.478 e. The SMILES string of the molecule is CC(C)(C)OC(=O)Nc1ccccc1NC(=O)Cc1cccc(/C=C/C(=O)O)c1. The highest BCUT2D eigenvalue weighted by Crippen LogP contribution is 2.22. The van der Waals surface area contributed by atoms with Gasteiger partial charge in [-0.2, -0.15) is 0 Å². The standard InChI is InChI=1S/C22H24N2O5/c1-22(2,3)29-21(28)24-18-10-5-4-9-17(18)23-19(25)14-16-8-6-7-15(13-16)11-12-20(26)27/h4-13H,14H2,1-3H3,(H,23,25)(H,24,28)(H,26,27)/b12-11+. The third-order valence-corrected chi connectivity index (χ3v) is 3.57. The maximum Gasteiger partial charge on any atom is 0.412 e. The maximum atomic E-state index is 12.5. The molecule has 29 heavy (non-hydrogen) atoms. The Bertz CT molecular complexity index is 929. The smallest absolute Gasteiger partial charge is 0.412 e. The number of anilines is 2. The predicted molar refractivity (Wildman–Crippen MR) is 112 cm³/mol. The predicted octanol–water partition coefficient (Wildman–Crippen LogP) is 4.31. The number of rotatable bonds is 6. The molecule has 0 saturated heterocycles. The lowest BCUT2D eigenvalue weighted by atomic mass is 10.1. The van der Waals surface area contributed by atoms with Crippen molar-refractivity contribution in [1.82, 2.24) is 0 Å². The normalized spacial score (nSPS) is 11.1. The highest BCUT2D eigenvalue weighted by atomic mass is 16.6. The molecule has 2 aromatic carbocycles. The van der Waals surface area contributed by atoms with Crippen LogP contribution < -0.4 is 10.6 Å². The summed E-state index contributed by atoms with van der Waals surface area (Å²) >= 11 is 0. The summed E-state index contributed by atoms with van der Waals surface area (Å²) in [5.41, 5.74) is 1.65. The zero-order valence-electron chi connectivity index (χ0n) is 16.6. The Kier molecular flexibility index (Phi) is 7.14. The van der Waals surface area contributed by atoms with E-state index in [0.717, 1.165) is 11.6 Å². The number of benzene rings is 2. The minimum atomic E-state index is -1.04. The van der Waals surface area contributed by atoms with Crippen LogP contribution in [0.5, 0.6) is 0 Å². The molecule has 0 atom stereocenters. The topological polar surface area (TPSA) is 105 Å². The van der Waals surface area contributed by atoms with Crippen LogP contribution in [-0.4, -0.2) is 28.7 Å². The van der Waals surface area contributed by atoms with E-state index >= 15 is 0 Å². The molecule has 2 amide bonds. The van der Waals surface area contributed by atoms with Gasteiger partial charge in [-0.3, -0.25) is 10.1 Å². The van der Waals surface area contributed by atoms with Crippen LogP contribution in [0.2, 0.25) is 0 Å². The van der Waals surface area contributed by atoms with E-state index in [1.165, 1.54) is 6.08 Å². The van der Waals surface area contributed by atoms with Gasteiger partial charge in [0, 0.05) is 6.08 Å². The van der Waals surface area contributed by atoms with E-state index in [1.807, 2.05) is 0 Å². The average molecular weight is 396 g/mol. The third-order valence-electron chi connectivity index (χ3n) is 3.57. The van der Waals surface area contributed by atoms with Gasteiger partial charge in [0.25, 0.3) is 0 Å². The second-order valence-corrected chi connectivity index (χ2v) is 7.31. The molecule has 2 aromatic rings. The first-order chi connectivity index (χ1) is 13.6. The number of ether oxygens (including phenoxy) is 1. The summed E-state index contributed by atoms with van der Waals surface area (Å²) in [6.45, 7) is 5.29. The lowest BCUT2D eigenvalue weighted by Crippen LogP contribution is -2.27. The molecule has 0 aromatic heterocycles. The van der Waals surface area contributed by atoms with Crippen LogP contribution in [0.25, 0.3) is 6.08 Å². The van der Waals surface area contributed by atoms with Gasteiger partial charge in [-0.05, 0) is 50.1 Å². The molecule has 7 nitrogen and oxygen atoms in total. The number of carboxylic acid groups (broad SMARTS) is 1. The van der Waals surface area contributed by atoms with Crippen molar-refractivity contribution in [2.75, 3.05) is 10.6 Å². The van der Waals surface area contributed by atoms with Crippen molar-refractivity contribution in [3.8, 4) is 0 Å². The maximum absolute atomic E-state index is 12.5. The van der Waals surface area contributed by atoms with Gasteiger partial charge >= 0.3 is 12.1 Å². The number of carbonyl (C=O) groups is 3. The number of carboxylic acids is 1. The van der Waals surface area contributed by atoms with Crippen molar-refractivity contribution in [2.24, 2.45) is 0 Å². The monoisotopic (exact) mass is 396 g/mol. The Hall–Kier alpha value is -3.61. The van der Waals surface area contributed by atoms with Crippen molar-refractivity contribution in [1.29, 1.82) is 0 Å². The molecule has 0 aliphatic heterocycles. The largest absolute Gasteiger partial charge is 0.478 e. The van der Waals surface area contributed by atoms with E-state index in [1.54, 1.807) is 69.3 Å². The summed E-state index contributed by atoms with van der Waals surface area (Å²) in [5, 5.41) is 14.1. The Balaban J connectivity index is 2.05. The summed E-state index contributed by atoms with van der Waals surface area (Å²) in [6, 6.07) is 13.8. The molecule has 0 heterocycles. The first-order valence-corrected chi connectivity index (χ1v) is 9.01. The van der Waals surface area contributed by atoms with Gasteiger partial charge < -0.3 is 15.2 Å². The first kappa shape index (κ1) is 21.7. The van der Waals surface area contributed by atoms with E-state index in [4.69, 9.17) is 9.84 Å². The van der Waals surface area contributed by atoms with E-state index in [2.05, 4.69) is 10.6 Å². The Morgan fingerprint density at radius 2 is 1.66 bits per heavy atom. The number of nitrogens with one attached hydrogen (secondary N) is 2. The fourth-order valence-corrected chi connectivity index (χ4v) is 2.47. The number of para-hydroxylation sites is 2. The molecule has 2 rings (SSSR count). The quantitative estimate of drug-likeness (QED) is 0.631. The van der Waals surface area contributed by atoms with E-state index < -0.39 is 17.7 Å². The fourth-order valence-electron chi connectivity index (χ4n) is 2.47. The van der Waals surface area contributed by atoms with Crippen molar-refractivity contribution in [2.45, 2.75) is 32.8 Å². The first-order valence-electron chi connectivity index (χ1n) is 9.01. The molecule has 3 N–H and O–H groups in total. The number of carbonyl (C=O) groups excluding carboxylic acids is 2. The van der Waals surface area contributed by atoms with Gasteiger partial charge in [0.15, 0.2) is 0 Å². The summed E-state index contributed by atoms with van der Waals surface area (Å²) in [5.74, 6) is -1.31. The van der Waals surface area contributed by atoms with Gasteiger partial charge in [0.05, 0.1) is 17.8 Å². The van der Waals surface area contributed by atoms with E-state index in [0.29, 0.717) is 16.9 Å². The molecule has 0 spiro atoms. The summed E-state index contributed by atoms with van der Waals surface area (Å²) in [6.07, 6.45) is 1.98. The molecule has 0 unspecified atom stereocenters. The number of hydrogen-bond acceptors (Lipinski definition) is 4. The van der Waals surface area contributed by atoms with Crippen LogP contribution in [-0.2, 0) is 20.7 Å². The molecule has 152 valence electrons. The van der Waals surface area contributed by atoms with Gasteiger partial charge in [-0.15, -0.1) is 0 Å². The number of aliphatic carboxylic acids is 1. The zero-order chi connectivity index (χ0) is 21.4. The van der Waals surface area contributed by atoms with Crippen molar-refractivity contribution in [3.63, 3.8) is 0 Å². The second kappa shape index (κ2) is 9.54. The molecule has 0 aliphatic rings. The van der Waals surface area contributed by atoms with E-state index in [-0.39, 0.29) is 12.3 Å². The van der Waals surface area contributed by atoms with Crippen LogP contribution in [0.15, 0.2) is 54.6 Å². The van der Waals surface area contributed by atoms with E-state index in [9.17, 15) is 14.4 Å². The van der Waals surface area contributed by atoms with Gasteiger partial charge in [-0.25, -0.2) is 9.59 Å². The Labute approximate surface area is 169 Å². The molecule has 0 radical (unpaired) electrons. The summed E-state index contributed by atoms with van der Waals surface area (Å²) in [4.78, 5) is 35.1. The molecule has 0 saturated carbocycles. The number of amides is 2. The highest BCUT2D eigenvalue weighted by Gasteiger charge is 2.17. The second-order valence-electron chi connectivity index (χ2n) is 7.31. The van der Waals surface area contributed by atoms with Crippen LogP contribution in [0, 0.1) is 0 Å². The molecular formula is C22H24N2O5. The molecular weight excluding hydrogens is 372 g/mol. The summed E-state index contributed by atoms with van der Waals surface area (Å²) in [7, 11) is 0.